The second-order valence-electron chi connectivity index (χ2n) is 4.64. The highest BCUT2D eigenvalue weighted by Crippen LogP contribution is 2.30. The minimum absolute atomic E-state index is 0.326. The van der Waals surface area contributed by atoms with E-state index in [1.807, 2.05) is 38.1 Å². The standard InChI is InChI=1S/C15H16BrN3OS/c1-8-6-9(2)18-15(13(8)14(17)21)19-10-4-5-11(16)12(7-10)20-3/h4-7H,1-3H3,(H2,17,21)(H,18,19). The van der Waals surface area contributed by atoms with Gasteiger partial charge in [0.05, 0.1) is 17.1 Å². The van der Waals surface area contributed by atoms with Crippen LogP contribution < -0.4 is 15.8 Å². The molecule has 21 heavy (non-hydrogen) atoms. The molecule has 4 nitrogen and oxygen atoms in total. The number of thiocarbonyl (C=S) groups is 1. The highest BCUT2D eigenvalue weighted by molar-refractivity contribution is 9.10. The summed E-state index contributed by atoms with van der Waals surface area (Å²) in [6.07, 6.45) is 0. The van der Waals surface area contributed by atoms with E-state index < -0.39 is 0 Å². The summed E-state index contributed by atoms with van der Waals surface area (Å²) in [5.74, 6) is 1.39. The summed E-state index contributed by atoms with van der Waals surface area (Å²) < 4.78 is 6.18. The average molecular weight is 366 g/mol. The SMILES string of the molecule is COc1cc(Nc2nc(C)cc(C)c2C(N)=S)ccc1Br. The van der Waals surface area contributed by atoms with E-state index in [2.05, 4.69) is 26.2 Å². The van der Waals surface area contributed by atoms with Gasteiger partial charge in [0, 0.05) is 17.4 Å². The largest absolute Gasteiger partial charge is 0.495 e. The zero-order valence-electron chi connectivity index (χ0n) is 12.0. The highest BCUT2D eigenvalue weighted by atomic mass is 79.9. The van der Waals surface area contributed by atoms with Gasteiger partial charge in [-0.2, -0.15) is 0 Å². The first-order valence-electron chi connectivity index (χ1n) is 6.31. The molecule has 0 unspecified atom stereocenters. The second kappa shape index (κ2) is 6.41. The van der Waals surface area contributed by atoms with Crippen LogP contribution in [0.15, 0.2) is 28.7 Å². The van der Waals surface area contributed by atoms with Crippen LogP contribution in [0, 0.1) is 13.8 Å². The Morgan fingerprint density at radius 2 is 2.05 bits per heavy atom. The lowest BCUT2D eigenvalue weighted by atomic mass is 10.1. The molecule has 1 aromatic heterocycles. The van der Waals surface area contributed by atoms with Crippen LogP contribution in [0.2, 0.25) is 0 Å². The van der Waals surface area contributed by atoms with Gasteiger partial charge in [-0.15, -0.1) is 0 Å². The maximum Gasteiger partial charge on any atom is 0.141 e. The number of nitrogens with two attached hydrogens (primary N) is 1. The van der Waals surface area contributed by atoms with Gasteiger partial charge >= 0.3 is 0 Å². The Morgan fingerprint density at radius 1 is 1.33 bits per heavy atom. The molecule has 2 rings (SSSR count). The van der Waals surface area contributed by atoms with E-state index in [4.69, 9.17) is 22.7 Å². The predicted molar refractivity (Wildman–Crippen MR) is 93.6 cm³/mol. The fourth-order valence-electron chi connectivity index (χ4n) is 2.11. The highest BCUT2D eigenvalue weighted by Gasteiger charge is 2.12. The van der Waals surface area contributed by atoms with E-state index in [-0.39, 0.29) is 0 Å². The molecule has 0 fully saturated rings. The fourth-order valence-corrected chi connectivity index (χ4v) is 2.78. The van der Waals surface area contributed by atoms with Crippen LogP contribution in [-0.2, 0) is 0 Å². The summed E-state index contributed by atoms with van der Waals surface area (Å²) in [6, 6.07) is 7.67. The summed E-state index contributed by atoms with van der Waals surface area (Å²) >= 11 is 8.56. The van der Waals surface area contributed by atoms with Gasteiger partial charge in [-0.1, -0.05) is 12.2 Å². The number of pyridine rings is 1. The van der Waals surface area contributed by atoms with Crippen molar-refractivity contribution in [1.82, 2.24) is 4.98 Å². The Bertz CT molecular complexity index is 704. The van der Waals surface area contributed by atoms with Crippen LogP contribution in [0.25, 0.3) is 0 Å². The summed E-state index contributed by atoms with van der Waals surface area (Å²) in [5, 5.41) is 3.26. The Morgan fingerprint density at radius 3 is 2.67 bits per heavy atom. The smallest absolute Gasteiger partial charge is 0.141 e. The maximum atomic E-state index is 5.82. The zero-order valence-corrected chi connectivity index (χ0v) is 14.4. The monoisotopic (exact) mass is 365 g/mol. The third kappa shape index (κ3) is 3.51. The lowest BCUT2D eigenvalue weighted by Crippen LogP contribution is -2.15. The number of methoxy groups -OCH3 is 1. The van der Waals surface area contributed by atoms with Crippen molar-refractivity contribution in [1.29, 1.82) is 0 Å². The van der Waals surface area contributed by atoms with Crippen molar-refractivity contribution < 1.29 is 4.74 Å². The second-order valence-corrected chi connectivity index (χ2v) is 5.94. The van der Waals surface area contributed by atoms with Crippen LogP contribution in [0.4, 0.5) is 11.5 Å². The lowest BCUT2D eigenvalue weighted by Gasteiger charge is -2.14. The summed E-state index contributed by atoms with van der Waals surface area (Å²) in [4.78, 5) is 4.82. The van der Waals surface area contributed by atoms with Crippen LogP contribution in [0.1, 0.15) is 16.8 Å². The molecule has 0 saturated heterocycles. The molecule has 0 amide bonds. The van der Waals surface area contributed by atoms with Gasteiger partial charge in [0.2, 0.25) is 0 Å². The molecule has 0 aliphatic rings. The number of halogens is 1. The van der Waals surface area contributed by atoms with E-state index in [0.717, 1.165) is 32.7 Å². The van der Waals surface area contributed by atoms with Gasteiger partial charge in [-0.25, -0.2) is 4.98 Å². The molecule has 0 aliphatic heterocycles. The maximum absolute atomic E-state index is 5.82. The molecule has 0 spiro atoms. The third-order valence-electron chi connectivity index (χ3n) is 3.00. The first-order valence-corrected chi connectivity index (χ1v) is 7.51. The number of rotatable bonds is 4. The van der Waals surface area contributed by atoms with E-state index >= 15 is 0 Å². The third-order valence-corrected chi connectivity index (χ3v) is 3.86. The molecule has 0 radical (unpaired) electrons. The topological polar surface area (TPSA) is 60.2 Å². The Hall–Kier alpha value is -1.66. The Balaban J connectivity index is 2.46. The van der Waals surface area contributed by atoms with Gasteiger partial charge in [0.25, 0.3) is 0 Å². The number of ether oxygens (including phenoxy) is 1. The van der Waals surface area contributed by atoms with E-state index in [1.165, 1.54) is 0 Å². The quantitative estimate of drug-likeness (QED) is 0.805. The summed E-state index contributed by atoms with van der Waals surface area (Å²) in [5.41, 5.74) is 9.34. The van der Waals surface area contributed by atoms with Crippen molar-refractivity contribution in [2.24, 2.45) is 5.73 Å². The molecule has 1 aromatic carbocycles. The number of hydrogen-bond acceptors (Lipinski definition) is 4. The average Bonchev–Trinajstić information content (AvgIpc) is 2.39. The van der Waals surface area contributed by atoms with Gasteiger partial charge in [0.15, 0.2) is 0 Å². The summed E-state index contributed by atoms with van der Waals surface area (Å²) in [7, 11) is 1.62. The predicted octanol–water partition coefficient (Wildman–Crippen LogP) is 3.85. The van der Waals surface area contributed by atoms with E-state index in [1.54, 1.807) is 7.11 Å². The molecule has 0 bridgehead atoms. The van der Waals surface area contributed by atoms with Crippen molar-refractivity contribution in [3.05, 3.63) is 45.6 Å². The molecule has 0 saturated carbocycles. The molecule has 110 valence electrons. The molecule has 0 aliphatic carbocycles. The molecule has 1 heterocycles. The number of benzene rings is 1. The van der Waals surface area contributed by atoms with Crippen LogP contribution >= 0.6 is 28.1 Å². The summed E-state index contributed by atoms with van der Waals surface area (Å²) in [6.45, 7) is 3.90. The van der Waals surface area contributed by atoms with Crippen LogP contribution in [-0.4, -0.2) is 17.1 Å². The number of nitrogens with zero attached hydrogens (tertiary/aromatic N) is 1. The van der Waals surface area contributed by atoms with Crippen molar-refractivity contribution in [3.63, 3.8) is 0 Å². The Kier molecular flexibility index (Phi) is 4.80. The van der Waals surface area contributed by atoms with E-state index in [9.17, 15) is 0 Å². The molecular formula is C15H16BrN3OS. The van der Waals surface area contributed by atoms with E-state index in [0.29, 0.717) is 10.8 Å². The molecular weight excluding hydrogens is 350 g/mol. The Labute approximate surface area is 137 Å². The van der Waals surface area contributed by atoms with Crippen molar-refractivity contribution in [2.75, 3.05) is 12.4 Å². The first-order chi connectivity index (χ1) is 9.92. The molecule has 3 N–H and O–H groups in total. The van der Waals surface area contributed by atoms with Crippen LogP contribution in [0.3, 0.4) is 0 Å². The minimum atomic E-state index is 0.326. The molecule has 0 atom stereocenters. The normalized spacial score (nSPS) is 10.3. The van der Waals surface area contributed by atoms with Gasteiger partial charge < -0.3 is 15.8 Å². The lowest BCUT2D eigenvalue weighted by molar-refractivity contribution is 0.412. The minimum Gasteiger partial charge on any atom is -0.495 e. The van der Waals surface area contributed by atoms with Crippen molar-refractivity contribution in [2.45, 2.75) is 13.8 Å². The number of aromatic nitrogens is 1. The number of hydrogen-bond donors (Lipinski definition) is 2. The van der Waals surface area contributed by atoms with Gasteiger partial charge in [0.1, 0.15) is 16.6 Å². The first kappa shape index (κ1) is 15.7. The number of aryl methyl sites for hydroxylation is 2. The zero-order chi connectivity index (χ0) is 15.6. The van der Waals surface area contributed by atoms with Gasteiger partial charge in [-0.05, 0) is 53.5 Å². The van der Waals surface area contributed by atoms with Crippen LogP contribution in [0.5, 0.6) is 5.75 Å². The van der Waals surface area contributed by atoms with Crippen molar-refractivity contribution >= 4 is 44.6 Å². The number of nitrogens with one attached hydrogen (secondary N) is 1. The molecule has 2 aromatic rings. The van der Waals surface area contributed by atoms with Gasteiger partial charge in [-0.3, -0.25) is 0 Å². The molecule has 6 heteroatoms. The number of anilines is 2. The fraction of sp³-hybridized carbons (Fsp3) is 0.200. The van der Waals surface area contributed by atoms with Crippen molar-refractivity contribution in [3.8, 4) is 5.75 Å².